The lowest BCUT2D eigenvalue weighted by Crippen LogP contribution is -2.26. The van der Waals surface area contributed by atoms with Gasteiger partial charge >= 0.3 is 6.01 Å². The van der Waals surface area contributed by atoms with Gasteiger partial charge in [0.05, 0.1) is 34.5 Å². The Balaban J connectivity index is 1.82. The summed E-state index contributed by atoms with van der Waals surface area (Å²) in [6, 6.07) is 11.8. The van der Waals surface area contributed by atoms with Gasteiger partial charge in [0.2, 0.25) is 0 Å². The van der Waals surface area contributed by atoms with E-state index in [1.54, 1.807) is 45.3 Å². The molecule has 0 spiro atoms. The van der Waals surface area contributed by atoms with Crippen molar-refractivity contribution in [3.05, 3.63) is 59.9 Å². The third-order valence-corrected chi connectivity index (χ3v) is 6.11. The second-order valence-electron chi connectivity index (χ2n) is 8.46. The van der Waals surface area contributed by atoms with Crippen LogP contribution in [-0.2, 0) is 13.1 Å². The van der Waals surface area contributed by atoms with Gasteiger partial charge < -0.3 is 28.6 Å². The van der Waals surface area contributed by atoms with Gasteiger partial charge in [-0.3, -0.25) is 0 Å². The van der Waals surface area contributed by atoms with E-state index in [0.29, 0.717) is 47.6 Å². The highest BCUT2D eigenvalue weighted by Crippen LogP contribution is 2.32. The van der Waals surface area contributed by atoms with Crippen LogP contribution in [0.25, 0.3) is 5.65 Å². The number of ether oxygens (including phenoxy) is 5. The molecule has 10 heteroatoms. The standard InChI is InChI=1S/C27H33N5O5/c1-7-18(2)37-27-29-26(25-28-12-13-32(25)30-27)31(16-19-8-10-21(33-3)14-23(19)35-5)17-20-9-11-22(34-4)15-24(20)36-6/h8-15,18H,7,16-17H2,1-6H3/t18-/m0/s1. The maximum Gasteiger partial charge on any atom is 0.336 e. The third kappa shape index (κ3) is 5.79. The molecule has 0 N–H and O–H groups in total. The molecule has 37 heavy (non-hydrogen) atoms. The summed E-state index contributed by atoms with van der Waals surface area (Å²) in [6.07, 6.45) is 4.27. The molecule has 0 radical (unpaired) electrons. The van der Waals surface area contributed by atoms with Crippen molar-refractivity contribution in [1.82, 2.24) is 19.6 Å². The van der Waals surface area contributed by atoms with E-state index in [4.69, 9.17) is 28.7 Å². The molecule has 0 saturated carbocycles. The number of aromatic nitrogens is 4. The van der Waals surface area contributed by atoms with Gasteiger partial charge in [0.25, 0.3) is 0 Å². The summed E-state index contributed by atoms with van der Waals surface area (Å²) in [6.45, 7) is 4.97. The Morgan fingerprint density at radius 1 is 0.865 bits per heavy atom. The normalized spacial score (nSPS) is 11.7. The van der Waals surface area contributed by atoms with Crippen molar-refractivity contribution in [1.29, 1.82) is 0 Å². The number of rotatable bonds is 12. The van der Waals surface area contributed by atoms with Crippen LogP contribution in [0, 0.1) is 0 Å². The summed E-state index contributed by atoms with van der Waals surface area (Å²) in [5.41, 5.74) is 2.50. The third-order valence-electron chi connectivity index (χ3n) is 6.11. The van der Waals surface area contributed by atoms with Crippen LogP contribution in [0.3, 0.4) is 0 Å². The van der Waals surface area contributed by atoms with Gasteiger partial charge in [-0.15, -0.1) is 5.10 Å². The molecule has 0 unspecified atom stereocenters. The molecule has 2 aromatic carbocycles. The van der Waals surface area contributed by atoms with Gasteiger partial charge in [0, 0.05) is 48.7 Å². The predicted octanol–water partition coefficient (Wildman–Crippen LogP) is 4.54. The summed E-state index contributed by atoms with van der Waals surface area (Å²) in [5.74, 6) is 3.46. The fourth-order valence-corrected chi connectivity index (χ4v) is 3.90. The smallest absolute Gasteiger partial charge is 0.336 e. The predicted molar refractivity (Wildman–Crippen MR) is 140 cm³/mol. The van der Waals surface area contributed by atoms with E-state index in [1.807, 2.05) is 43.3 Å². The van der Waals surface area contributed by atoms with E-state index < -0.39 is 0 Å². The molecule has 4 rings (SSSR count). The number of methoxy groups -OCH3 is 4. The minimum absolute atomic E-state index is 0.0364. The van der Waals surface area contributed by atoms with Crippen molar-refractivity contribution in [2.75, 3.05) is 33.3 Å². The summed E-state index contributed by atoms with van der Waals surface area (Å²) in [4.78, 5) is 11.5. The van der Waals surface area contributed by atoms with Crippen LogP contribution in [0.1, 0.15) is 31.4 Å². The Hall–Kier alpha value is -4.21. The van der Waals surface area contributed by atoms with Crippen LogP contribution in [0.15, 0.2) is 48.8 Å². The van der Waals surface area contributed by atoms with Crippen LogP contribution in [0.5, 0.6) is 29.0 Å². The Bertz CT molecular complexity index is 1280. The lowest BCUT2D eigenvalue weighted by Gasteiger charge is -2.26. The molecular weight excluding hydrogens is 474 g/mol. The molecular formula is C27H33N5O5. The monoisotopic (exact) mass is 507 g/mol. The first-order valence-electron chi connectivity index (χ1n) is 12.0. The van der Waals surface area contributed by atoms with E-state index >= 15 is 0 Å². The first-order valence-corrected chi connectivity index (χ1v) is 12.0. The van der Waals surface area contributed by atoms with Crippen LogP contribution in [0.4, 0.5) is 5.82 Å². The quantitative estimate of drug-likeness (QED) is 0.274. The van der Waals surface area contributed by atoms with E-state index in [1.165, 1.54) is 0 Å². The van der Waals surface area contributed by atoms with Crippen LogP contribution < -0.4 is 28.6 Å². The second-order valence-corrected chi connectivity index (χ2v) is 8.46. The van der Waals surface area contributed by atoms with E-state index in [2.05, 4.69) is 21.9 Å². The van der Waals surface area contributed by atoms with Crippen molar-refractivity contribution in [2.45, 2.75) is 39.5 Å². The number of hydrogen-bond donors (Lipinski definition) is 0. The number of fused-ring (bicyclic) bond motifs is 1. The topological polar surface area (TPSA) is 92.5 Å². The van der Waals surface area contributed by atoms with E-state index in [0.717, 1.165) is 17.5 Å². The Morgan fingerprint density at radius 2 is 1.46 bits per heavy atom. The Morgan fingerprint density at radius 3 is 1.97 bits per heavy atom. The SMILES string of the molecule is CC[C@H](C)Oc1nc(N(Cc2ccc(OC)cc2OC)Cc2ccc(OC)cc2OC)c2nccn2n1. The zero-order valence-electron chi connectivity index (χ0n) is 22.1. The highest BCUT2D eigenvalue weighted by atomic mass is 16.5. The van der Waals surface area contributed by atoms with Crippen molar-refractivity contribution in [3.8, 4) is 29.0 Å². The lowest BCUT2D eigenvalue weighted by molar-refractivity contribution is 0.196. The summed E-state index contributed by atoms with van der Waals surface area (Å²) < 4.78 is 29.8. The minimum Gasteiger partial charge on any atom is -0.497 e. The fourth-order valence-electron chi connectivity index (χ4n) is 3.90. The van der Waals surface area contributed by atoms with Gasteiger partial charge in [-0.2, -0.15) is 4.98 Å². The molecule has 4 aromatic rings. The van der Waals surface area contributed by atoms with Crippen molar-refractivity contribution >= 4 is 11.5 Å². The molecule has 0 fully saturated rings. The Labute approximate surface area is 216 Å². The van der Waals surface area contributed by atoms with Crippen molar-refractivity contribution in [3.63, 3.8) is 0 Å². The summed E-state index contributed by atoms with van der Waals surface area (Å²) in [5, 5.41) is 4.50. The maximum atomic E-state index is 6.00. The molecule has 10 nitrogen and oxygen atoms in total. The molecule has 0 aliphatic carbocycles. The van der Waals surface area contributed by atoms with Gasteiger partial charge in [0.15, 0.2) is 11.5 Å². The van der Waals surface area contributed by atoms with Crippen LogP contribution >= 0.6 is 0 Å². The van der Waals surface area contributed by atoms with Gasteiger partial charge in [-0.05, 0) is 37.6 Å². The van der Waals surface area contributed by atoms with Gasteiger partial charge in [0.1, 0.15) is 23.0 Å². The van der Waals surface area contributed by atoms with Crippen LogP contribution in [0.2, 0.25) is 0 Å². The minimum atomic E-state index is -0.0364. The van der Waals surface area contributed by atoms with Crippen LogP contribution in [-0.4, -0.2) is 54.1 Å². The van der Waals surface area contributed by atoms with Gasteiger partial charge in [-0.25, -0.2) is 9.50 Å². The molecule has 2 aromatic heterocycles. The highest BCUT2D eigenvalue weighted by Gasteiger charge is 2.22. The van der Waals surface area contributed by atoms with E-state index in [-0.39, 0.29) is 12.1 Å². The number of imidazole rings is 1. The molecule has 0 saturated heterocycles. The molecule has 0 aliphatic rings. The number of nitrogens with zero attached hydrogens (tertiary/aromatic N) is 5. The molecule has 0 aliphatic heterocycles. The molecule has 0 amide bonds. The molecule has 196 valence electrons. The van der Waals surface area contributed by atoms with Gasteiger partial charge in [-0.1, -0.05) is 6.92 Å². The lowest BCUT2D eigenvalue weighted by atomic mass is 10.1. The average Bonchev–Trinajstić information content (AvgIpc) is 3.41. The first-order chi connectivity index (χ1) is 18.0. The maximum absolute atomic E-state index is 6.00. The zero-order chi connectivity index (χ0) is 26.4. The second kappa shape index (κ2) is 11.7. The highest BCUT2D eigenvalue weighted by molar-refractivity contribution is 5.65. The molecule has 1 atom stereocenters. The van der Waals surface area contributed by atoms with E-state index in [9.17, 15) is 0 Å². The largest absolute Gasteiger partial charge is 0.497 e. The number of benzene rings is 2. The number of hydrogen-bond acceptors (Lipinski definition) is 9. The summed E-state index contributed by atoms with van der Waals surface area (Å²) >= 11 is 0. The number of anilines is 1. The Kier molecular flexibility index (Phi) is 8.17. The van der Waals surface area contributed by atoms with Crippen molar-refractivity contribution in [2.24, 2.45) is 0 Å². The summed E-state index contributed by atoms with van der Waals surface area (Å²) in [7, 11) is 6.55. The average molecular weight is 508 g/mol. The molecule has 0 bridgehead atoms. The fraction of sp³-hybridized carbons (Fsp3) is 0.370. The van der Waals surface area contributed by atoms with Crippen molar-refractivity contribution < 1.29 is 23.7 Å². The molecule has 2 heterocycles. The first kappa shape index (κ1) is 25.9. The zero-order valence-corrected chi connectivity index (χ0v) is 22.1.